The molecule has 0 spiro atoms. The molecule has 1 unspecified atom stereocenters. The number of anilines is 1. The average molecular weight is 297 g/mol. The highest BCUT2D eigenvalue weighted by molar-refractivity contribution is 5.91. The van der Waals surface area contributed by atoms with Crippen LogP contribution in [-0.4, -0.2) is 11.9 Å². The van der Waals surface area contributed by atoms with E-state index in [4.69, 9.17) is 5.73 Å². The summed E-state index contributed by atoms with van der Waals surface area (Å²) in [6.45, 7) is 1.91. The van der Waals surface area contributed by atoms with Crippen molar-refractivity contribution in [3.8, 4) is 0 Å². The number of nitrogens with one attached hydrogen (secondary N) is 2. The molecule has 2 aromatic carbocycles. The van der Waals surface area contributed by atoms with Crippen molar-refractivity contribution in [2.45, 2.75) is 19.4 Å². The summed E-state index contributed by atoms with van der Waals surface area (Å²) in [6.07, 6.45) is 0.0880. The number of carbonyl (C=O) groups excluding carboxylic acids is 2. The fourth-order valence-corrected chi connectivity index (χ4v) is 2.16. The third-order valence-electron chi connectivity index (χ3n) is 3.28. The number of hydrogen-bond acceptors (Lipinski definition) is 2. The lowest BCUT2D eigenvalue weighted by atomic mass is 10.1. The van der Waals surface area contributed by atoms with Crippen LogP contribution < -0.4 is 16.4 Å². The van der Waals surface area contributed by atoms with Gasteiger partial charge in [-0.1, -0.05) is 48.5 Å². The molecule has 0 aliphatic rings. The van der Waals surface area contributed by atoms with Crippen LogP contribution in [0.3, 0.4) is 0 Å². The SMILES string of the molecule is CC(NC(=O)Nc1ccccc1CC(N)=O)c1ccccc1. The van der Waals surface area contributed by atoms with Crippen LogP contribution >= 0.6 is 0 Å². The van der Waals surface area contributed by atoms with Crippen LogP contribution in [-0.2, 0) is 11.2 Å². The minimum Gasteiger partial charge on any atom is -0.369 e. The zero-order chi connectivity index (χ0) is 15.9. The van der Waals surface area contributed by atoms with Crippen LogP contribution in [0.25, 0.3) is 0 Å². The highest BCUT2D eigenvalue weighted by atomic mass is 16.2. The highest BCUT2D eigenvalue weighted by Crippen LogP contribution is 2.16. The van der Waals surface area contributed by atoms with E-state index in [2.05, 4.69) is 10.6 Å². The summed E-state index contributed by atoms with van der Waals surface area (Å²) in [7, 11) is 0. The van der Waals surface area contributed by atoms with Gasteiger partial charge in [-0.3, -0.25) is 4.79 Å². The molecule has 22 heavy (non-hydrogen) atoms. The summed E-state index contributed by atoms with van der Waals surface area (Å²) in [4.78, 5) is 23.2. The minimum absolute atomic E-state index is 0.0880. The second-order valence-electron chi connectivity index (χ2n) is 5.03. The Bertz CT molecular complexity index is 656. The molecule has 0 aromatic heterocycles. The van der Waals surface area contributed by atoms with Crippen molar-refractivity contribution in [1.29, 1.82) is 0 Å². The van der Waals surface area contributed by atoms with Gasteiger partial charge in [-0.2, -0.15) is 0 Å². The summed E-state index contributed by atoms with van der Waals surface area (Å²) in [5.41, 5.74) is 7.50. The zero-order valence-corrected chi connectivity index (χ0v) is 12.4. The van der Waals surface area contributed by atoms with Crippen molar-refractivity contribution in [3.63, 3.8) is 0 Å². The van der Waals surface area contributed by atoms with E-state index in [1.807, 2.05) is 37.3 Å². The second-order valence-corrected chi connectivity index (χ2v) is 5.03. The molecule has 5 heteroatoms. The molecule has 3 amide bonds. The molecule has 0 aliphatic heterocycles. The quantitative estimate of drug-likeness (QED) is 0.792. The molecule has 114 valence electrons. The largest absolute Gasteiger partial charge is 0.369 e. The van der Waals surface area contributed by atoms with Gasteiger partial charge in [0.25, 0.3) is 0 Å². The van der Waals surface area contributed by atoms with E-state index in [9.17, 15) is 9.59 Å². The molecule has 0 heterocycles. The first kappa shape index (κ1) is 15.6. The number of carbonyl (C=O) groups is 2. The van der Waals surface area contributed by atoms with Gasteiger partial charge in [0.05, 0.1) is 12.5 Å². The molecule has 1 atom stereocenters. The maximum absolute atomic E-state index is 12.1. The number of rotatable bonds is 5. The topological polar surface area (TPSA) is 84.2 Å². The first-order valence-electron chi connectivity index (χ1n) is 7.05. The fraction of sp³-hybridized carbons (Fsp3) is 0.176. The monoisotopic (exact) mass is 297 g/mol. The van der Waals surface area contributed by atoms with Crippen molar-refractivity contribution in [3.05, 3.63) is 65.7 Å². The maximum Gasteiger partial charge on any atom is 0.319 e. The van der Waals surface area contributed by atoms with Crippen molar-refractivity contribution < 1.29 is 9.59 Å². The van der Waals surface area contributed by atoms with Crippen molar-refractivity contribution >= 4 is 17.6 Å². The average Bonchev–Trinajstić information content (AvgIpc) is 2.49. The molecule has 0 bridgehead atoms. The van der Waals surface area contributed by atoms with Gasteiger partial charge < -0.3 is 16.4 Å². The van der Waals surface area contributed by atoms with Crippen LogP contribution in [0.1, 0.15) is 24.1 Å². The van der Waals surface area contributed by atoms with E-state index in [1.165, 1.54) is 0 Å². The van der Waals surface area contributed by atoms with Gasteiger partial charge in [-0.25, -0.2) is 4.79 Å². The summed E-state index contributed by atoms with van der Waals surface area (Å²) in [5, 5.41) is 5.62. The van der Waals surface area contributed by atoms with E-state index in [1.54, 1.807) is 24.3 Å². The molecule has 4 N–H and O–H groups in total. The first-order chi connectivity index (χ1) is 10.6. The minimum atomic E-state index is -0.438. The van der Waals surface area contributed by atoms with Gasteiger partial charge in [-0.15, -0.1) is 0 Å². The molecule has 0 radical (unpaired) electrons. The van der Waals surface area contributed by atoms with E-state index in [-0.39, 0.29) is 18.5 Å². The van der Waals surface area contributed by atoms with Gasteiger partial charge in [0, 0.05) is 5.69 Å². The highest BCUT2D eigenvalue weighted by Gasteiger charge is 2.11. The number of amides is 3. The Morgan fingerprint density at radius 2 is 1.68 bits per heavy atom. The Morgan fingerprint density at radius 3 is 2.36 bits per heavy atom. The van der Waals surface area contributed by atoms with E-state index in [0.29, 0.717) is 11.3 Å². The normalized spacial score (nSPS) is 11.5. The van der Waals surface area contributed by atoms with Crippen LogP contribution in [0.2, 0.25) is 0 Å². The van der Waals surface area contributed by atoms with Gasteiger partial charge in [0.2, 0.25) is 5.91 Å². The number of hydrogen-bond donors (Lipinski definition) is 3. The Morgan fingerprint density at radius 1 is 1.05 bits per heavy atom. The lowest BCUT2D eigenvalue weighted by molar-refractivity contribution is -0.117. The lowest BCUT2D eigenvalue weighted by Gasteiger charge is -2.16. The predicted molar refractivity (Wildman–Crippen MR) is 86.4 cm³/mol. The summed E-state index contributed by atoms with van der Waals surface area (Å²) in [5.74, 6) is -0.438. The van der Waals surface area contributed by atoms with Crippen molar-refractivity contribution in [1.82, 2.24) is 5.32 Å². The second kappa shape index (κ2) is 7.26. The number of urea groups is 1. The van der Waals surface area contributed by atoms with E-state index >= 15 is 0 Å². The van der Waals surface area contributed by atoms with Crippen LogP contribution in [0.5, 0.6) is 0 Å². The fourth-order valence-electron chi connectivity index (χ4n) is 2.16. The van der Waals surface area contributed by atoms with Gasteiger partial charge in [0.15, 0.2) is 0 Å². The van der Waals surface area contributed by atoms with Gasteiger partial charge in [-0.05, 0) is 24.1 Å². The number of primary amides is 1. The molecular formula is C17H19N3O2. The van der Waals surface area contributed by atoms with Gasteiger partial charge >= 0.3 is 6.03 Å². The molecule has 0 saturated carbocycles. The Hall–Kier alpha value is -2.82. The third kappa shape index (κ3) is 4.34. The predicted octanol–water partition coefficient (Wildman–Crippen LogP) is 2.60. The molecule has 5 nitrogen and oxygen atoms in total. The summed E-state index contributed by atoms with van der Waals surface area (Å²) >= 11 is 0. The third-order valence-corrected chi connectivity index (χ3v) is 3.28. The number of nitrogens with two attached hydrogens (primary N) is 1. The van der Waals surface area contributed by atoms with E-state index < -0.39 is 5.91 Å². The Labute approximate surface area is 129 Å². The Balaban J connectivity index is 2.02. The molecule has 0 fully saturated rings. The molecule has 2 aromatic rings. The Kier molecular flexibility index (Phi) is 5.14. The van der Waals surface area contributed by atoms with Crippen molar-refractivity contribution in [2.75, 3.05) is 5.32 Å². The molecule has 0 aliphatic carbocycles. The lowest BCUT2D eigenvalue weighted by Crippen LogP contribution is -2.31. The molecule has 0 saturated heterocycles. The molecular weight excluding hydrogens is 278 g/mol. The number of para-hydroxylation sites is 1. The standard InChI is InChI=1S/C17H19N3O2/c1-12(13-7-3-2-4-8-13)19-17(22)20-15-10-6-5-9-14(15)11-16(18)21/h2-10,12H,11H2,1H3,(H2,18,21)(H2,19,20,22). The molecule has 2 rings (SSSR count). The zero-order valence-electron chi connectivity index (χ0n) is 12.4. The first-order valence-corrected chi connectivity index (χ1v) is 7.05. The number of benzene rings is 2. The smallest absolute Gasteiger partial charge is 0.319 e. The van der Waals surface area contributed by atoms with Crippen LogP contribution in [0.15, 0.2) is 54.6 Å². The van der Waals surface area contributed by atoms with Crippen LogP contribution in [0.4, 0.5) is 10.5 Å². The maximum atomic E-state index is 12.1. The summed E-state index contributed by atoms with van der Waals surface area (Å²) in [6, 6.07) is 16.3. The van der Waals surface area contributed by atoms with Gasteiger partial charge in [0.1, 0.15) is 0 Å². The summed E-state index contributed by atoms with van der Waals surface area (Å²) < 4.78 is 0. The van der Waals surface area contributed by atoms with E-state index in [0.717, 1.165) is 5.56 Å². The van der Waals surface area contributed by atoms with Crippen molar-refractivity contribution in [2.24, 2.45) is 5.73 Å². The van der Waals surface area contributed by atoms with Crippen LogP contribution in [0, 0.1) is 0 Å².